The van der Waals surface area contributed by atoms with Gasteiger partial charge in [-0.25, -0.2) is 5.41 Å². The summed E-state index contributed by atoms with van der Waals surface area (Å²) in [6, 6.07) is 4.82. The van der Waals surface area contributed by atoms with Crippen LogP contribution in [0.1, 0.15) is 26.3 Å². The number of rotatable bonds is 8. The van der Waals surface area contributed by atoms with Gasteiger partial charge in [-0.3, -0.25) is 5.41 Å². The SMILES string of the molecule is CCOC(=N)OC(=N)c1cc(-c2nnc(OCC)o2)cc(-c2nnc(OCC)o2)c1. The summed E-state index contributed by atoms with van der Waals surface area (Å²) >= 11 is 0. The van der Waals surface area contributed by atoms with Crippen molar-refractivity contribution in [2.75, 3.05) is 19.8 Å². The van der Waals surface area contributed by atoms with E-state index in [2.05, 4.69) is 20.4 Å². The van der Waals surface area contributed by atoms with Crippen LogP contribution in [0, 0.1) is 10.8 Å². The van der Waals surface area contributed by atoms with Gasteiger partial charge in [-0.1, -0.05) is 10.2 Å². The molecule has 0 spiro atoms. The zero-order chi connectivity index (χ0) is 21.5. The summed E-state index contributed by atoms with van der Waals surface area (Å²) in [4.78, 5) is 0. The third kappa shape index (κ3) is 4.90. The Labute approximate surface area is 171 Å². The first-order valence-electron chi connectivity index (χ1n) is 9.10. The topological polar surface area (TPSA) is 162 Å². The second-order valence-corrected chi connectivity index (χ2v) is 5.56. The van der Waals surface area contributed by atoms with Crippen molar-refractivity contribution in [3.63, 3.8) is 0 Å². The van der Waals surface area contributed by atoms with E-state index in [1.807, 2.05) is 0 Å². The van der Waals surface area contributed by atoms with Crippen LogP contribution in [0.5, 0.6) is 12.2 Å². The molecule has 2 aromatic heterocycles. The number of nitrogens with zero attached hydrogens (tertiary/aromatic N) is 4. The smallest absolute Gasteiger partial charge is 0.414 e. The molecule has 0 aliphatic carbocycles. The largest absolute Gasteiger partial charge is 0.451 e. The van der Waals surface area contributed by atoms with Gasteiger partial charge in [0.05, 0.1) is 19.8 Å². The van der Waals surface area contributed by atoms with Crippen LogP contribution in [0.25, 0.3) is 22.9 Å². The van der Waals surface area contributed by atoms with Gasteiger partial charge < -0.3 is 27.8 Å². The minimum atomic E-state index is -0.498. The second kappa shape index (κ2) is 9.49. The van der Waals surface area contributed by atoms with Crippen molar-refractivity contribution in [2.24, 2.45) is 0 Å². The zero-order valence-electron chi connectivity index (χ0n) is 16.6. The molecule has 3 aromatic rings. The highest BCUT2D eigenvalue weighted by Crippen LogP contribution is 2.29. The average Bonchev–Trinajstić information content (AvgIpc) is 3.38. The molecule has 0 aliphatic heterocycles. The molecular weight excluding hydrogens is 396 g/mol. The molecule has 2 heterocycles. The first-order valence-corrected chi connectivity index (χ1v) is 9.10. The van der Waals surface area contributed by atoms with Crippen LogP contribution in [0.2, 0.25) is 0 Å². The van der Waals surface area contributed by atoms with Crippen LogP contribution in [0.15, 0.2) is 27.0 Å². The molecule has 0 bridgehead atoms. The summed E-state index contributed by atoms with van der Waals surface area (Å²) in [7, 11) is 0. The molecule has 0 aliphatic rings. The summed E-state index contributed by atoms with van der Waals surface area (Å²) < 4.78 is 31.4. The lowest BCUT2D eigenvalue weighted by Crippen LogP contribution is -2.15. The Hall–Kier alpha value is -3.96. The van der Waals surface area contributed by atoms with Gasteiger partial charge in [0.2, 0.25) is 5.90 Å². The molecule has 0 radical (unpaired) electrons. The number of benzene rings is 1. The monoisotopic (exact) mass is 416 g/mol. The van der Waals surface area contributed by atoms with Gasteiger partial charge in [0.1, 0.15) is 0 Å². The van der Waals surface area contributed by atoms with Crippen LogP contribution in [0.3, 0.4) is 0 Å². The molecule has 2 N–H and O–H groups in total. The van der Waals surface area contributed by atoms with Gasteiger partial charge in [-0.2, -0.15) is 0 Å². The summed E-state index contributed by atoms with van der Waals surface area (Å²) in [5.74, 6) is -0.0248. The molecule has 0 amide bonds. The first-order chi connectivity index (χ1) is 14.5. The lowest BCUT2D eigenvalue weighted by Gasteiger charge is -2.09. The van der Waals surface area contributed by atoms with Gasteiger partial charge in [0.25, 0.3) is 11.8 Å². The first kappa shape index (κ1) is 20.8. The maximum Gasteiger partial charge on any atom is 0.414 e. The van der Waals surface area contributed by atoms with Crippen LogP contribution in [-0.2, 0) is 9.47 Å². The molecule has 0 saturated heterocycles. The van der Waals surface area contributed by atoms with Crippen molar-refractivity contribution in [1.29, 1.82) is 10.8 Å². The predicted molar refractivity (Wildman–Crippen MR) is 103 cm³/mol. The van der Waals surface area contributed by atoms with Crippen LogP contribution in [0.4, 0.5) is 0 Å². The van der Waals surface area contributed by atoms with Crippen molar-refractivity contribution >= 4 is 12.0 Å². The van der Waals surface area contributed by atoms with Crippen LogP contribution >= 0.6 is 0 Å². The number of nitrogens with one attached hydrogen (secondary N) is 2. The molecule has 3 rings (SSSR count). The standard InChI is InChI=1S/C18H20N6O6/c1-4-25-16(20)28-13(19)10-7-11(14-21-23-17(29-14)26-5-2)9-12(8-10)15-22-24-18(30-15)27-6-3/h7-9,19-20H,4-6H2,1-3H3. The Morgan fingerprint density at radius 2 is 1.33 bits per heavy atom. The molecule has 0 atom stereocenters. The third-order valence-electron chi connectivity index (χ3n) is 3.51. The van der Waals surface area contributed by atoms with E-state index in [-0.39, 0.29) is 36.4 Å². The van der Waals surface area contributed by atoms with E-state index < -0.39 is 6.08 Å². The lowest BCUT2D eigenvalue weighted by molar-refractivity contribution is 0.242. The minimum Gasteiger partial charge on any atom is -0.451 e. The van der Waals surface area contributed by atoms with Gasteiger partial charge in [0.15, 0.2) is 0 Å². The highest BCUT2D eigenvalue weighted by atomic mass is 16.7. The molecule has 30 heavy (non-hydrogen) atoms. The van der Waals surface area contributed by atoms with Crippen LogP contribution in [-0.4, -0.2) is 52.2 Å². The van der Waals surface area contributed by atoms with Crippen molar-refractivity contribution in [2.45, 2.75) is 20.8 Å². The Balaban J connectivity index is 2.00. The molecule has 1 aromatic carbocycles. The molecule has 12 nitrogen and oxygen atoms in total. The van der Waals surface area contributed by atoms with E-state index >= 15 is 0 Å². The molecule has 0 fully saturated rings. The highest BCUT2D eigenvalue weighted by molar-refractivity contribution is 5.99. The van der Waals surface area contributed by atoms with E-state index in [1.54, 1.807) is 39.0 Å². The fourth-order valence-electron chi connectivity index (χ4n) is 2.33. The maximum absolute atomic E-state index is 8.17. The second-order valence-electron chi connectivity index (χ2n) is 5.56. The predicted octanol–water partition coefficient (Wildman–Crippen LogP) is 2.90. The van der Waals surface area contributed by atoms with Crippen molar-refractivity contribution in [3.8, 4) is 35.1 Å². The molecule has 0 unspecified atom stereocenters. The Morgan fingerprint density at radius 1 is 0.800 bits per heavy atom. The number of aromatic nitrogens is 4. The van der Waals surface area contributed by atoms with E-state index in [1.165, 1.54) is 0 Å². The summed E-state index contributed by atoms with van der Waals surface area (Å²) in [5.41, 5.74) is 1.20. The van der Waals surface area contributed by atoms with Gasteiger partial charge in [-0.05, 0) is 39.0 Å². The summed E-state index contributed by atoms with van der Waals surface area (Å²) in [6.07, 6.45) is -0.469. The Bertz CT molecular complexity index is 967. The fraction of sp³-hybridized carbons (Fsp3) is 0.333. The average molecular weight is 416 g/mol. The van der Waals surface area contributed by atoms with E-state index in [0.717, 1.165) is 0 Å². The van der Waals surface area contributed by atoms with Gasteiger partial charge in [0, 0.05) is 16.7 Å². The summed E-state index contributed by atoms with van der Waals surface area (Å²) in [5, 5.41) is 31.3. The maximum atomic E-state index is 8.17. The van der Waals surface area contributed by atoms with Crippen molar-refractivity contribution < 1.29 is 27.8 Å². The van der Waals surface area contributed by atoms with E-state index in [4.69, 9.17) is 38.6 Å². The molecule has 12 heteroatoms. The highest BCUT2D eigenvalue weighted by Gasteiger charge is 2.18. The lowest BCUT2D eigenvalue weighted by atomic mass is 10.1. The van der Waals surface area contributed by atoms with Crippen molar-refractivity contribution in [3.05, 3.63) is 23.8 Å². The molecule has 158 valence electrons. The van der Waals surface area contributed by atoms with E-state index in [9.17, 15) is 0 Å². The minimum absolute atomic E-state index is 0.0142. The zero-order valence-corrected chi connectivity index (χ0v) is 16.6. The molecule has 0 saturated carbocycles. The van der Waals surface area contributed by atoms with Crippen LogP contribution < -0.4 is 9.47 Å². The van der Waals surface area contributed by atoms with E-state index in [0.29, 0.717) is 29.9 Å². The van der Waals surface area contributed by atoms with Gasteiger partial charge in [-0.15, -0.1) is 10.2 Å². The normalized spacial score (nSPS) is 10.5. The number of hydrogen-bond donors (Lipinski definition) is 2. The summed E-state index contributed by atoms with van der Waals surface area (Å²) in [6.45, 7) is 6.26. The third-order valence-corrected chi connectivity index (χ3v) is 3.51. The molecular formula is C18H20N6O6. The Kier molecular flexibility index (Phi) is 6.57. The number of hydrogen-bond acceptors (Lipinski definition) is 12. The number of ether oxygens (including phenoxy) is 4. The fourth-order valence-corrected chi connectivity index (χ4v) is 2.33. The Morgan fingerprint density at radius 3 is 1.80 bits per heavy atom. The van der Waals surface area contributed by atoms with Crippen molar-refractivity contribution in [1.82, 2.24) is 20.4 Å². The quantitative estimate of drug-likeness (QED) is 0.412. The van der Waals surface area contributed by atoms with Gasteiger partial charge >= 0.3 is 18.2 Å².